The Bertz CT molecular complexity index is 604. The van der Waals surface area contributed by atoms with Gasteiger partial charge in [0, 0.05) is 19.0 Å². The first-order chi connectivity index (χ1) is 9.95. The second-order valence-corrected chi connectivity index (χ2v) is 5.46. The molecular formula is C14H16F2N4O. The van der Waals surface area contributed by atoms with E-state index >= 15 is 0 Å². The van der Waals surface area contributed by atoms with Gasteiger partial charge in [0.25, 0.3) is 11.8 Å². The molecule has 2 aliphatic heterocycles. The summed E-state index contributed by atoms with van der Waals surface area (Å²) in [6, 6.07) is -1.09. The summed E-state index contributed by atoms with van der Waals surface area (Å²) in [4.78, 5) is 20.8. The van der Waals surface area contributed by atoms with E-state index in [4.69, 9.17) is 0 Å². The van der Waals surface area contributed by atoms with Crippen LogP contribution in [0, 0.1) is 0 Å². The molecule has 0 aromatic carbocycles. The number of aliphatic imine (C=N–C) groups is 2. The molecule has 2 heterocycles. The Kier molecular flexibility index (Phi) is 3.35. The third kappa shape index (κ3) is 2.72. The molecule has 0 aromatic rings. The topological polar surface area (TPSA) is 65.8 Å². The van der Waals surface area contributed by atoms with E-state index in [0.717, 1.165) is 0 Å². The minimum Gasteiger partial charge on any atom is -0.349 e. The van der Waals surface area contributed by atoms with Crippen LogP contribution < -0.4 is 10.6 Å². The quantitative estimate of drug-likeness (QED) is 0.816. The van der Waals surface area contributed by atoms with E-state index in [9.17, 15) is 13.6 Å². The smallest absolute Gasteiger partial charge is 0.267 e. The van der Waals surface area contributed by atoms with Crippen LogP contribution >= 0.6 is 0 Å². The summed E-state index contributed by atoms with van der Waals surface area (Å²) in [7, 11) is 0. The summed E-state index contributed by atoms with van der Waals surface area (Å²) in [5, 5.41) is 5.34. The lowest BCUT2D eigenvalue weighted by Gasteiger charge is -2.23. The minimum absolute atomic E-state index is 0.172. The molecule has 0 radical (unpaired) electrons. The molecule has 112 valence electrons. The lowest BCUT2D eigenvalue weighted by molar-refractivity contribution is -0.120. The fourth-order valence-corrected chi connectivity index (χ4v) is 2.68. The van der Waals surface area contributed by atoms with Gasteiger partial charge in [0.1, 0.15) is 5.84 Å². The molecule has 1 aliphatic carbocycles. The number of nitrogens with zero attached hydrogens (tertiary/aromatic N) is 2. The molecule has 1 fully saturated rings. The number of halogens is 2. The largest absolute Gasteiger partial charge is 0.349 e. The number of rotatable bonds is 2. The van der Waals surface area contributed by atoms with Crippen LogP contribution in [0.1, 0.15) is 32.6 Å². The predicted molar refractivity (Wildman–Crippen MR) is 75.2 cm³/mol. The standard InChI is InChI=1S/C14H16F2N4O/c1-8-6-17-12-5-10(19-8)9(7-18-12)13(21)20-11-3-2-4-14(11,15)16/h6-7,11H,2-5H2,1H3,(H,17,18)(H,20,21). The average molecular weight is 294 g/mol. The molecule has 1 atom stereocenters. The number of amidine groups is 1. The summed E-state index contributed by atoms with van der Waals surface area (Å²) in [5.41, 5.74) is 1.53. The van der Waals surface area contributed by atoms with Crippen LogP contribution in [0.4, 0.5) is 8.78 Å². The van der Waals surface area contributed by atoms with Crippen LogP contribution in [0.15, 0.2) is 33.7 Å². The number of alkyl halides is 2. The SMILES string of the molecule is CC1=CN=C2CC(=N1)C(C(=O)NC1CCCC1(F)F)=CN2. The maximum absolute atomic E-state index is 13.6. The van der Waals surface area contributed by atoms with E-state index in [-0.39, 0.29) is 6.42 Å². The van der Waals surface area contributed by atoms with E-state index in [1.54, 1.807) is 13.1 Å². The van der Waals surface area contributed by atoms with Crippen LogP contribution in [0.5, 0.6) is 0 Å². The lowest BCUT2D eigenvalue weighted by Crippen LogP contribution is -2.46. The van der Waals surface area contributed by atoms with Crippen molar-refractivity contribution in [3.05, 3.63) is 23.7 Å². The molecular weight excluding hydrogens is 278 g/mol. The number of hydrogen-bond acceptors (Lipinski definition) is 4. The zero-order valence-corrected chi connectivity index (χ0v) is 11.6. The highest BCUT2D eigenvalue weighted by atomic mass is 19.3. The number of fused-ring (bicyclic) bond motifs is 2. The molecule has 2 N–H and O–H groups in total. The number of amides is 1. The maximum Gasteiger partial charge on any atom is 0.267 e. The van der Waals surface area contributed by atoms with Gasteiger partial charge < -0.3 is 10.6 Å². The Morgan fingerprint density at radius 1 is 1.52 bits per heavy atom. The first kappa shape index (κ1) is 13.9. The van der Waals surface area contributed by atoms with Gasteiger partial charge in [0.2, 0.25) is 0 Å². The maximum atomic E-state index is 13.6. The Morgan fingerprint density at radius 3 is 3.05 bits per heavy atom. The van der Waals surface area contributed by atoms with Crippen molar-refractivity contribution in [1.82, 2.24) is 10.6 Å². The Labute approximate surface area is 120 Å². The number of carbonyl (C=O) groups is 1. The van der Waals surface area contributed by atoms with Crippen molar-refractivity contribution in [2.24, 2.45) is 9.98 Å². The molecule has 1 unspecified atom stereocenters. The van der Waals surface area contributed by atoms with E-state index < -0.39 is 17.9 Å². The molecule has 1 saturated carbocycles. The predicted octanol–water partition coefficient (Wildman–Crippen LogP) is 1.88. The number of nitrogens with one attached hydrogen (secondary N) is 2. The van der Waals surface area contributed by atoms with Crippen LogP contribution in [-0.4, -0.2) is 29.4 Å². The number of allylic oxidation sites excluding steroid dienone is 1. The molecule has 21 heavy (non-hydrogen) atoms. The zero-order chi connectivity index (χ0) is 15.0. The van der Waals surface area contributed by atoms with Gasteiger partial charge in [-0.25, -0.2) is 13.8 Å². The Morgan fingerprint density at radius 2 is 2.33 bits per heavy atom. The monoisotopic (exact) mass is 294 g/mol. The van der Waals surface area contributed by atoms with Crippen molar-refractivity contribution in [1.29, 1.82) is 0 Å². The van der Waals surface area contributed by atoms with Crippen molar-refractivity contribution < 1.29 is 13.6 Å². The lowest BCUT2D eigenvalue weighted by atomic mass is 10.0. The number of hydrogen-bond donors (Lipinski definition) is 2. The van der Waals surface area contributed by atoms with Gasteiger partial charge in [0.15, 0.2) is 0 Å². The van der Waals surface area contributed by atoms with Crippen molar-refractivity contribution in [2.75, 3.05) is 0 Å². The molecule has 5 nitrogen and oxygen atoms in total. The van der Waals surface area contributed by atoms with Crippen LogP contribution in [0.25, 0.3) is 0 Å². The third-order valence-electron chi connectivity index (χ3n) is 3.81. The second-order valence-electron chi connectivity index (χ2n) is 5.46. The first-order valence-electron chi connectivity index (χ1n) is 6.92. The number of carbonyl (C=O) groups excluding carboxylic acids is 1. The molecule has 3 aliphatic rings. The summed E-state index contributed by atoms with van der Waals surface area (Å²) < 4.78 is 27.2. The van der Waals surface area contributed by atoms with Gasteiger partial charge in [-0.1, -0.05) is 0 Å². The summed E-state index contributed by atoms with van der Waals surface area (Å²) in [6.07, 6.45) is 4.04. The average Bonchev–Trinajstić information content (AvgIpc) is 2.67. The first-order valence-corrected chi connectivity index (χ1v) is 6.92. The van der Waals surface area contributed by atoms with Gasteiger partial charge in [-0.2, -0.15) is 0 Å². The normalized spacial score (nSPS) is 26.7. The third-order valence-corrected chi connectivity index (χ3v) is 3.81. The van der Waals surface area contributed by atoms with E-state index in [0.29, 0.717) is 42.1 Å². The van der Waals surface area contributed by atoms with Gasteiger partial charge in [-0.05, 0) is 19.8 Å². The fourth-order valence-electron chi connectivity index (χ4n) is 2.68. The summed E-state index contributed by atoms with van der Waals surface area (Å²) >= 11 is 0. The van der Waals surface area contributed by atoms with E-state index in [1.165, 1.54) is 6.20 Å². The molecule has 7 heteroatoms. The van der Waals surface area contributed by atoms with Crippen molar-refractivity contribution in [3.63, 3.8) is 0 Å². The summed E-state index contributed by atoms with van der Waals surface area (Å²) in [6.45, 7) is 1.78. The van der Waals surface area contributed by atoms with Crippen molar-refractivity contribution in [2.45, 2.75) is 44.6 Å². The van der Waals surface area contributed by atoms with Crippen LogP contribution in [0.3, 0.4) is 0 Å². The molecule has 0 aromatic heterocycles. The van der Waals surface area contributed by atoms with E-state index in [2.05, 4.69) is 20.6 Å². The fraction of sp³-hybridized carbons (Fsp3) is 0.500. The molecule has 0 saturated heterocycles. The van der Waals surface area contributed by atoms with Gasteiger partial charge in [-0.15, -0.1) is 0 Å². The second kappa shape index (κ2) is 5.05. The summed E-state index contributed by atoms with van der Waals surface area (Å²) in [5.74, 6) is -2.65. The van der Waals surface area contributed by atoms with Crippen molar-refractivity contribution >= 4 is 17.5 Å². The van der Waals surface area contributed by atoms with Gasteiger partial charge in [-0.3, -0.25) is 9.79 Å². The molecule has 3 rings (SSSR count). The van der Waals surface area contributed by atoms with Crippen LogP contribution in [0.2, 0.25) is 0 Å². The van der Waals surface area contributed by atoms with Gasteiger partial charge in [0.05, 0.1) is 29.2 Å². The molecule has 1 amide bonds. The highest BCUT2D eigenvalue weighted by molar-refractivity contribution is 6.28. The molecule has 0 spiro atoms. The van der Waals surface area contributed by atoms with Gasteiger partial charge >= 0.3 is 0 Å². The van der Waals surface area contributed by atoms with E-state index in [1.807, 2.05) is 0 Å². The Balaban J connectivity index is 1.79. The zero-order valence-electron chi connectivity index (χ0n) is 11.6. The van der Waals surface area contributed by atoms with Crippen LogP contribution in [-0.2, 0) is 4.79 Å². The highest BCUT2D eigenvalue weighted by Crippen LogP contribution is 2.35. The Hall–Kier alpha value is -2.05. The molecule has 2 bridgehead atoms. The highest BCUT2D eigenvalue weighted by Gasteiger charge is 2.45. The minimum atomic E-state index is -2.83. The van der Waals surface area contributed by atoms with Crippen molar-refractivity contribution in [3.8, 4) is 0 Å².